The zero-order chi connectivity index (χ0) is 11.8. The molecular weight excluding hydrogens is 194 g/mol. The molecule has 0 saturated heterocycles. The molecule has 0 unspecified atom stereocenters. The SMILES string of the molecule is CCc1ccc(CCCNCC(C)C)cc1. The molecule has 0 spiro atoms. The molecular formula is C15H25N. The van der Waals surface area contributed by atoms with Gasteiger partial charge in [-0.25, -0.2) is 0 Å². The standard InChI is InChI=1S/C15H25N/c1-4-14-7-9-15(10-8-14)6-5-11-16-12-13(2)3/h7-10,13,16H,4-6,11-12H2,1-3H3. The molecule has 1 N–H and O–H groups in total. The van der Waals surface area contributed by atoms with E-state index in [1.54, 1.807) is 0 Å². The van der Waals surface area contributed by atoms with Crippen molar-refractivity contribution in [1.82, 2.24) is 5.32 Å². The van der Waals surface area contributed by atoms with E-state index >= 15 is 0 Å². The molecule has 90 valence electrons. The Morgan fingerprint density at radius 1 is 1.06 bits per heavy atom. The largest absolute Gasteiger partial charge is 0.316 e. The minimum atomic E-state index is 0.754. The van der Waals surface area contributed by atoms with Crippen LogP contribution in [0.15, 0.2) is 24.3 Å². The molecule has 1 nitrogen and oxygen atoms in total. The van der Waals surface area contributed by atoms with E-state index in [0.717, 1.165) is 25.4 Å². The average Bonchev–Trinajstić information content (AvgIpc) is 2.29. The van der Waals surface area contributed by atoms with Crippen LogP contribution < -0.4 is 5.32 Å². The molecule has 0 aliphatic heterocycles. The summed E-state index contributed by atoms with van der Waals surface area (Å²) in [7, 11) is 0. The van der Waals surface area contributed by atoms with E-state index < -0.39 is 0 Å². The van der Waals surface area contributed by atoms with E-state index in [2.05, 4.69) is 50.4 Å². The third kappa shape index (κ3) is 5.32. The normalized spacial score (nSPS) is 11.0. The summed E-state index contributed by atoms with van der Waals surface area (Å²) in [6.45, 7) is 8.96. The summed E-state index contributed by atoms with van der Waals surface area (Å²) in [5.41, 5.74) is 2.89. The van der Waals surface area contributed by atoms with Crippen LogP contribution in [0.2, 0.25) is 0 Å². The molecule has 0 heterocycles. The lowest BCUT2D eigenvalue weighted by molar-refractivity contribution is 0.543. The van der Waals surface area contributed by atoms with Gasteiger partial charge in [0.2, 0.25) is 0 Å². The highest BCUT2D eigenvalue weighted by molar-refractivity contribution is 5.22. The molecule has 0 saturated carbocycles. The summed E-state index contributed by atoms with van der Waals surface area (Å²) in [5, 5.41) is 3.48. The Labute approximate surface area is 100 Å². The Kier molecular flexibility index (Phi) is 6.17. The second-order valence-corrected chi connectivity index (χ2v) is 4.87. The van der Waals surface area contributed by atoms with Gasteiger partial charge in [-0.1, -0.05) is 45.0 Å². The molecule has 0 radical (unpaired) electrons. The first kappa shape index (κ1) is 13.2. The highest BCUT2D eigenvalue weighted by Crippen LogP contribution is 2.06. The zero-order valence-corrected chi connectivity index (χ0v) is 10.9. The van der Waals surface area contributed by atoms with Crippen LogP contribution in [-0.2, 0) is 12.8 Å². The Balaban J connectivity index is 2.16. The van der Waals surface area contributed by atoms with Gasteiger partial charge in [-0.3, -0.25) is 0 Å². The van der Waals surface area contributed by atoms with E-state index in [4.69, 9.17) is 0 Å². The Morgan fingerprint density at radius 2 is 1.69 bits per heavy atom. The third-order valence-electron chi connectivity index (χ3n) is 2.80. The van der Waals surface area contributed by atoms with Gasteiger partial charge >= 0.3 is 0 Å². The van der Waals surface area contributed by atoms with Gasteiger partial charge in [0.25, 0.3) is 0 Å². The van der Waals surface area contributed by atoms with Crippen molar-refractivity contribution in [1.29, 1.82) is 0 Å². The third-order valence-corrected chi connectivity index (χ3v) is 2.80. The van der Waals surface area contributed by atoms with Crippen LogP contribution in [0.5, 0.6) is 0 Å². The van der Waals surface area contributed by atoms with Crippen LogP contribution in [0.4, 0.5) is 0 Å². The highest BCUT2D eigenvalue weighted by Gasteiger charge is 1.95. The van der Waals surface area contributed by atoms with E-state index in [1.807, 2.05) is 0 Å². The van der Waals surface area contributed by atoms with Crippen molar-refractivity contribution in [3.05, 3.63) is 35.4 Å². The zero-order valence-electron chi connectivity index (χ0n) is 10.9. The number of benzene rings is 1. The number of hydrogen-bond donors (Lipinski definition) is 1. The quantitative estimate of drug-likeness (QED) is 0.693. The van der Waals surface area contributed by atoms with Gasteiger partial charge in [-0.15, -0.1) is 0 Å². The van der Waals surface area contributed by atoms with Gasteiger partial charge in [0.15, 0.2) is 0 Å². The minimum absolute atomic E-state index is 0.754. The van der Waals surface area contributed by atoms with Gasteiger partial charge in [0.05, 0.1) is 0 Å². The van der Waals surface area contributed by atoms with E-state index in [0.29, 0.717) is 0 Å². The van der Waals surface area contributed by atoms with E-state index in [1.165, 1.54) is 24.0 Å². The van der Waals surface area contributed by atoms with Crippen LogP contribution in [0.3, 0.4) is 0 Å². The molecule has 0 bridgehead atoms. The summed E-state index contributed by atoms with van der Waals surface area (Å²) < 4.78 is 0. The first-order valence-electron chi connectivity index (χ1n) is 6.51. The topological polar surface area (TPSA) is 12.0 Å². The van der Waals surface area contributed by atoms with Crippen molar-refractivity contribution in [3.8, 4) is 0 Å². The van der Waals surface area contributed by atoms with Crippen LogP contribution in [0.1, 0.15) is 38.3 Å². The Hall–Kier alpha value is -0.820. The lowest BCUT2D eigenvalue weighted by Crippen LogP contribution is -2.21. The Morgan fingerprint density at radius 3 is 2.25 bits per heavy atom. The molecule has 0 aromatic heterocycles. The molecule has 0 amide bonds. The predicted octanol–water partition coefficient (Wildman–Crippen LogP) is 3.43. The minimum Gasteiger partial charge on any atom is -0.316 e. The van der Waals surface area contributed by atoms with Crippen LogP contribution in [-0.4, -0.2) is 13.1 Å². The fourth-order valence-corrected chi connectivity index (χ4v) is 1.75. The maximum atomic E-state index is 3.48. The maximum Gasteiger partial charge on any atom is -0.00258 e. The second-order valence-electron chi connectivity index (χ2n) is 4.87. The molecule has 16 heavy (non-hydrogen) atoms. The van der Waals surface area contributed by atoms with Crippen molar-refractivity contribution >= 4 is 0 Å². The number of rotatable bonds is 7. The predicted molar refractivity (Wildman–Crippen MR) is 71.8 cm³/mol. The van der Waals surface area contributed by atoms with Gasteiger partial charge in [-0.2, -0.15) is 0 Å². The van der Waals surface area contributed by atoms with E-state index in [9.17, 15) is 0 Å². The second kappa shape index (κ2) is 7.45. The molecule has 1 aromatic carbocycles. The molecule has 0 atom stereocenters. The lowest BCUT2D eigenvalue weighted by Gasteiger charge is -2.07. The van der Waals surface area contributed by atoms with Gasteiger partial charge in [0.1, 0.15) is 0 Å². The van der Waals surface area contributed by atoms with Crippen molar-refractivity contribution in [2.75, 3.05) is 13.1 Å². The average molecular weight is 219 g/mol. The van der Waals surface area contributed by atoms with Crippen molar-refractivity contribution in [2.24, 2.45) is 5.92 Å². The fourth-order valence-electron chi connectivity index (χ4n) is 1.75. The van der Waals surface area contributed by atoms with Gasteiger partial charge in [-0.05, 0) is 49.4 Å². The molecule has 0 aliphatic carbocycles. The first-order valence-corrected chi connectivity index (χ1v) is 6.51. The molecule has 1 heteroatoms. The molecule has 1 rings (SSSR count). The monoisotopic (exact) mass is 219 g/mol. The summed E-state index contributed by atoms with van der Waals surface area (Å²) in [5.74, 6) is 0.754. The van der Waals surface area contributed by atoms with Crippen molar-refractivity contribution in [3.63, 3.8) is 0 Å². The van der Waals surface area contributed by atoms with Gasteiger partial charge in [0, 0.05) is 0 Å². The summed E-state index contributed by atoms with van der Waals surface area (Å²) in [4.78, 5) is 0. The fraction of sp³-hybridized carbons (Fsp3) is 0.600. The molecule has 1 aromatic rings. The van der Waals surface area contributed by atoms with Crippen LogP contribution in [0, 0.1) is 5.92 Å². The molecule has 0 fully saturated rings. The number of hydrogen-bond acceptors (Lipinski definition) is 1. The Bertz CT molecular complexity index is 274. The number of aryl methyl sites for hydroxylation is 2. The lowest BCUT2D eigenvalue weighted by atomic mass is 10.1. The summed E-state index contributed by atoms with van der Waals surface area (Å²) in [6.07, 6.45) is 3.56. The van der Waals surface area contributed by atoms with Gasteiger partial charge < -0.3 is 5.32 Å². The van der Waals surface area contributed by atoms with Crippen LogP contribution in [0.25, 0.3) is 0 Å². The van der Waals surface area contributed by atoms with Crippen molar-refractivity contribution in [2.45, 2.75) is 40.0 Å². The van der Waals surface area contributed by atoms with E-state index in [-0.39, 0.29) is 0 Å². The number of nitrogens with one attached hydrogen (secondary N) is 1. The first-order chi connectivity index (χ1) is 7.72. The molecule has 0 aliphatic rings. The summed E-state index contributed by atoms with van der Waals surface area (Å²) >= 11 is 0. The van der Waals surface area contributed by atoms with Crippen molar-refractivity contribution < 1.29 is 0 Å². The van der Waals surface area contributed by atoms with Crippen LogP contribution >= 0.6 is 0 Å². The summed E-state index contributed by atoms with van der Waals surface area (Å²) in [6, 6.07) is 9.02. The smallest absolute Gasteiger partial charge is 0.00258 e. The maximum absolute atomic E-state index is 3.48. The highest BCUT2D eigenvalue weighted by atomic mass is 14.8.